The highest BCUT2D eigenvalue weighted by Gasteiger charge is 2.58. The van der Waals surface area contributed by atoms with Gasteiger partial charge in [-0.15, -0.1) is 0 Å². The molecule has 0 aromatic heterocycles. The van der Waals surface area contributed by atoms with E-state index in [-0.39, 0.29) is 35.0 Å². The number of nitrogens with one attached hydrogen (secondary N) is 3. The van der Waals surface area contributed by atoms with E-state index in [9.17, 15) is 14.4 Å². The molecule has 3 N–H and O–H groups in total. The van der Waals surface area contributed by atoms with Gasteiger partial charge in [0.05, 0.1) is 12.0 Å². The molecule has 0 unspecified atom stereocenters. The summed E-state index contributed by atoms with van der Waals surface area (Å²) in [5, 5.41) is 9.01. The fourth-order valence-electron chi connectivity index (χ4n) is 4.82. The van der Waals surface area contributed by atoms with Crippen molar-refractivity contribution in [3.05, 3.63) is 0 Å². The molecule has 1 heterocycles. The van der Waals surface area contributed by atoms with Crippen LogP contribution in [0.2, 0.25) is 0 Å². The number of imide groups is 1. The Morgan fingerprint density at radius 1 is 1.28 bits per heavy atom. The predicted molar refractivity (Wildman–Crippen MR) is 94.0 cm³/mol. The Morgan fingerprint density at radius 3 is 2.56 bits per heavy atom. The minimum atomic E-state index is -0.321. The zero-order valence-corrected chi connectivity index (χ0v) is 15.3. The number of rotatable bonds is 4. The summed E-state index contributed by atoms with van der Waals surface area (Å²) < 4.78 is 0. The third-order valence-electron chi connectivity index (χ3n) is 6.16. The van der Waals surface area contributed by atoms with E-state index in [2.05, 4.69) is 22.9 Å². The maximum Gasteiger partial charge on any atom is 0.324 e. The van der Waals surface area contributed by atoms with Crippen molar-refractivity contribution in [2.75, 3.05) is 13.6 Å². The number of amides is 5. The molecule has 140 valence electrons. The van der Waals surface area contributed by atoms with Gasteiger partial charge in [0.15, 0.2) is 0 Å². The van der Waals surface area contributed by atoms with Crippen molar-refractivity contribution < 1.29 is 14.4 Å². The van der Waals surface area contributed by atoms with Gasteiger partial charge in [-0.1, -0.05) is 13.3 Å². The number of hydrogen-bond donors (Lipinski definition) is 3. The molecular weight excluding hydrogens is 320 g/mol. The lowest BCUT2D eigenvalue weighted by Gasteiger charge is -2.60. The molecule has 2 saturated carbocycles. The van der Waals surface area contributed by atoms with Crippen LogP contribution in [0.15, 0.2) is 0 Å². The van der Waals surface area contributed by atoms with Gasteiger partial charge in [-0.3, -0.25) is 9.69 Å². The fourth-order valence-corrected chi connectivity index (χ4v) is 4.82. The molecule has 2 aliphatic carbocycles. The average Bonchev–Trinajstić information content (AvgIpc) is 2.54. The molecule has 0 bridgehead atoms. The molecule has 7 heteroatoms. The molecule has 25 heavy (non-hydrogen) atoms. The van der Waals surface area contributed by atoms with E-state index in [0.717, 1.165) is 57.9 Å². The van der Waals surface area contributed by atoms with Gasteiger partial charge in [-0.05, 0) is 50.4 Å². The number of hydrogen-bond acceptors (Lipinski definition) is 3. The summed E-state index contributed by atoms with van der Waals surface area (Å²) in [6, 6.07) is -0.102. The number of nitrogens with zero attached hydrogens (tertiary/aromatic N) is 1. The summed E-state index contributed by atoms with van der Waals surface area (Å²) in [5.41, 5.74) is -0.0845. The average molecular weight is 350 g/mol. The van der Waals surface area contributed by atoms with Gasteiger partial charge >= 0.3 is 12.1 Å². The largest absolute Gasteiger partial charge is 0.338 e. The Hall–Kier alpha value is -1.79. The quantitative estimate of drug-likeness (QED) is 0.678. The summed E-state index contributed by atoms with van der Waals surface area (Å²) in [5.74, 6) is -0.0855. The first-order chi connectivity index (χ1) is 11.9. The highest BCUT2D eigenvalue weighted by atomic mass is 16.2. The second-order valence-electron chi connectivity index (χ2n) is 8.22. The lowest BCUT2D eigenvalue weighted by atomic mass is 9.50. The molecule has 7 nitrogen and oxygen atoms in total. The van der Waals surface area contributed by atoms with Gasteiger partial charge in [0.2, 0.25) is 5.91 Å². The molecule has 0 aromatic carbocycles. The van der Waals surface area contributed by atoms with Gasteiger partial charge < -0.3 is 16.0 Å². The van der Waals surface area contributed by atoms with Crippen LogP contribution in [-0.2, 0) is 4.79 Å². The minimum absolute atomic E-state index is 0.0624. The van der Waals surface area contributed by atoms with Crippen LogP contribution in [0.3, 0.4) is 0 Å². The molecule has 3 fully saturated rings. The van der Waals surface area contributed by atoms with E-state index in [4.69, 9.17) is 0 Å². The van der Waals surface area contributed by atoms with Gasteiger partial charge in [0.1, 0.15) is 0 Å². The third kappa shape index (κ3) is 3.75. The molecule has 2 spiro atoms. The van der Waals surface area contributed by atoms with Crippen molar-refractivity contribution in [1.82, 2.24) is 20.9 Å². The predicted octanol–water partition coefficient (Wildman–Crippen LogP) is 2.12. The second-order valence-corrected chi connectivity index (χ2v) is 8.22. The van der Waals surface area contributed by atoms with Crippen LogP contribution in [0.4, 0.5) is 9.59 Å². The zero-order chi connectivity index (χ0) is 18.1. The molecule has 1 aliphatic heterocycles. The van der Waals surface area contributed by atoms with Crippen molar-refractivity contribution in [2.45, 2.75) is 76.3 Å². The van der Waals surface area contributed by atoms with E-state index in [1.165, 1.54) is 11.9 Å². The lowest BCUT2D eigenvalue weighted by molar-refractivity contribution is -0.136. The Morgan fingerprint density at radius 2 is 1.96 bits per heavy atom. The molecule has 5 amide bonds. The van der Waals surface area contributed by atoms with Gasteiger partial charge in [-0.2, -0.15) is 0 Å². The SMILES string of the molecule is CCCCNC(=O)NC1CCC2(CC1)CC1(CC(=O)N(C)C(=O)N1)C2. The summed E-state index contributed by atoms with van der Waals surface area (Å²) >= 11 is 0. The summed E-state index contributed by atoms with van der Waals surface area (Å²) in [6.07, 6.45) is 8.31. The first-order valence-corrected chi connectivity index (χ1v) is 9.50. The van der Waals surface area contributed by atoms with Crippen molar-refractivity contribution in [3.8, 4) is 0 Å². The first kappa shape index (κ1) is 18.0. The zero-order valence-electron chi connectivity index (χ0n) is 15.3. The van der Waals surface area contributed by atoms with E-state index >= 15 is 0 Å². The third-order valence-corrected chi connectivity index (χ3v) is 6.16. The molecule has 0 aromatic rings. The Bertz CT molecular complexity index is 527. The molecule has 3 rings (SSSR count). The Labute approximate surface area is 149 Å². The molecule has 0 radical (unpaired) electrons. The van der Waals surface area contributed by atoms with Crippen LogP contribution in [0.25, 0.3) is 0 Å². The van der Waals surface area contributed by atoms with Crippen molar-refractivity contribution in [3.63, 3.8) is 0 Å². The van der Waals surface area contributed by atoms with E-state index in [0.29, 0.717) is 6.42 Å². The highest BCUT2D eigenvalue weighted by Crippen LogP contribution is 2.58. The van der Waals surface area contributed by atoms with Crippen LogP contribution in [0.5, 0.6) is 0 Å². The first-order valence-electron chi connectivity index (χ1n) is 9.50. The maximum atomic E-state index is 12.0. The normalized spacial score (nSPS) is 34.6. The standard InChI is InChI=1S/C18H30N4O3/c1-3-4-9-19-15(24)20-13-5-7-17(8-6-13)11-18(12-17)10-14(23)22(2)16(25)21-18/h13H,3-12H2,1-2H3,(H,21,25)(H2,19,20,24). The number of urea groups is 2. The number of carbonyl (C=O) groups excluding carboxylic acids is 3. The topological polar surface area (TPSA) is 90.5 Å². The maximum absolute atomic E-state index is 12.0. The van der Waals surface area contributed by atoms with Gasteiger partial charge in [0, 0.05) is 19.6 Å². The Balaban J connectivity index is 1.44. The van der Waals surface area contributed by atoms with Crippen molar-refractivity contribution in [2.24, 2.45) is 5.41 Å². The van der Waals surface area contributed by atoms with Crippen LogP contribution in [0.1, 0.15) is 64.7 Å². The minimum Gasteiger partial charge on any atom is -0.338 e. The van der Waals surface area contributed by atoms with Crippen LogP contribution < -0.4 is 16.0 Å². The smallest absolute Gasteiger partial charge is 0.324 e. The fraction of sp³-hybridized carbons (Fsp3) is 0.833. The van der Waals surface area contributed by atoms with Crippen LogP contribution >= 0.6 is 0 Å². The second kappa shape index (κ2) is 6.84. The number of unbranched alkanes of at least 4 members (excludes halogenated alkanes) is 1. The molecule has 1 saturated heterocycles. The molecule has 3 aliphatic rings. The molecular formula is C18H30N4O3. The van der Waals surface area contributed by atoms with Gasteiger partial charge in [-0.25, -0.2) is 9.59 Å². The van der Waals surface area contributed by atoms with Crippen molar-refractivity contribution in [1.29, 1.82) is 0 Å². The van der Waals surface area contributed by atoms with Crippen LogP contribution in [-0.4, -0.2) is 48.0 Å². The summed E-state index contributed by atoms with van der Waals surface area (Å²) in [7, 11) is 1.53. The van der Waals surface area contributed by atoms with E-state index < -0.39 is 0 Å². The number of carbonyl (C=O) groups is 3. The summed E-state index contributed by atoms with van der Waals surface area (Å²) in [4.78, 5) is 36.9. The summed E-state index contributed by atoms with van der Waals surface area (Å²) in [6.45, 7) is 2.83. The Kier molecular flexibility index (Phi) is 4.93. The van der Waals surface area contributed by atoms with Crippen LogP contribution in [0, 0.1) is 5.41 Å². The lowest BCUT2D eigenvalue weighted by Crippen LogP contribution is -2.69. The highest BCUT2D eigenvalue weighted by molar-refractivity contribution is 5.97. The monoisotopic (exact) mass is 350 g/mol. The van der Waals surface area contributed by atoms with Crippen molar-refractivity contribution >= 4 is 18.0 Å². The molecule has 0 atom stereocenters. The van der Waals surface area contributed by atoms with E-state index in [1.54, 1.807) is 0 Å². The van der Waals surface area contributed by atoms with E-state index in [1.807, 2.05) is 0 Å². The van der Waals surface area contributed by atoms with Gasteiger partial charge in [0.25, 0.3) is 0 Å².